The minimum Gasteiger partial charge on any atom is -0.198 e. The third-order valence-corrected chi connectivity index (χ3v) is 3.13. The molecule has 0 amide bonds. The fraction of sp³-hybridized carbons (Fsp3) is 0.857. The van der Waals surface area contributed by atoms with Gasteiger partial charge in [0.05, 0.1) is 11.5 Å². The van der Waals surface area contributed by atoms with E-state index in [1.807, 2.05) is 11.8 Å². The Bertz CT molecular complexity index is 130. The first-order chi connectivity index (χ1) is 4.27. The zero-order chi connectivity index (χ0) is 6.74. The molecule has 1 atom stereocenters. The van der Waals surface area contributed by atoms with Crippen LogP contribution in [0.2, 0.25) is 0 Å². The predicted molar refractivity (Wildman–Crippen MR) is 40.3 cm³/mol. The van der Waals surface area contributed by atoms with Crippen molar-refractivity contribution in [3.63, 3.8) is 0 Å². The first-order valence-electron chi connectivity index (χ1n) is 3.26. The molecule has 1 unspecified atom stereocenters. The van der Waals surface area contributed by atoms with Gasteiger partial charge in [0.15, 0.2) is 0 Å². The molecule has 0 N–H and O–H groups in total. The van der Waals surface area contributed by atoms with Crippen LogP contribution in [0.5, 0.6) is 0 Å². The van der Waals surface area contributed by atoms with Crippen LogP contribution >= 0.6 is 11.8 Å². The summed E-state index contributed by atoms with van der Waals surface area (Å²) in [6.07, 6.45) is 2.31. The SMILES string of the molecule is CC1(C#N)CCCSC1. The number of hydrogen-bond donors (Lipinski definition) is 0. The van der Waals surface area contributed by atoms with E-state index in [1.165, 1.54) is 12.2 Å². The Morgan fingerprint density at radius 1 is 1.67 bits per heavy atom. The highest BCUT2D eigenvalue weighted by Crippen LogP contribution is 2.32. The number of thioether (sulfide) groups is 1. The smallest absolute Gasteiger partial charge is 0.0695 e. The molecule has 1 fully saturated rings. The maximum atomic E-state index is 8.69. The number of nitriles is 1. The van der Waals surface area contributed by atoms with E-state index in [4.69, 9.17) is 5.26 Å². The summed E-state index contributed by atoms with van der Waals surface area (Å²) in [6.45, 7) is 2.05. The maximum Gasteiger partial charge on any atom is 0.0695 e. The van der Waals surface area contributed by atoms with Crippen molar-refractivity contribution in [3.8, 4) is 6.07 Å². The van der Waals surface area contributed by atoms with E-state index in [-0.39, 0.29) is 5.41 Å². The molecular formula is C7H11NS. The van der Waals surface area contributed by atoms with Crippen molar-refractivity contribution in [3.05, 3.63) is 0 Å². The molecule has 0 aromatic carbocycles. The van der Waals surface area contributed by atoms with Crippen LogP contribution < -0.4 is 0 Å². The molecular weight excluding hydrogens is 130 g/mol. The quantitative estimate of drug-likeness (QED) is 0.515. The van der Waals surface area contributed by atoms with Gasteiger partial charge >= 0.3 is 0 Å². The molecule has 1 nitrogen and oxygen atoms in total. The third-order valence-electron chi connectivity index (χ3n) is 1.71. The summed E-state index contributed by atoms with van der Waals surface area (Å²) in [4.78, 5) is 0. The summed E-state index contributed by atoms with van der Waals surface area (Å²) in [5, 5.41) is 8.69. The Morgan fingerprint density at radius 3 is 2.78 bits per heavy atom. The average Bonchev–Trinajstić information content (AvgIpc) is 1.90. The lowest BCUT2D eigenvalue weighted by Crippen LogP contribution is -2.21. The van der Waals surface area contributed by atoms with E-state index in [2.05, 4.69) is 13.0 Å². The van der Waals surface area contributed by atoms with E-state index >= 15 is 0 Å². The van der Waals surface area contributed by atoms with Crippen molar-refractivity contribution in [2.24, 2.45) is 5.41 Å². The van der Waals surface area contributed by atoms with Gasteiger partial charge in [0.1, 0.15) is 0 Å². The molecule has 9 heavy (non-hydrogen) atoms. The van der Waals surface area contributed by atoms with Gasteiger partial charge in [0, 0.05) is 5.75 Å². The van der Waals surface area contributed by atoms with Gasteiger partial charge in [-0.1, -0.05) is 0 Å². The van der Waals surface area contributed by atoms with Crippen molar-refractivity contribution < 1.29 is 0 Å². The number of rotatable bonds is 0. The summed E-state index contributed by atoms with van der Waals surface area (Å²) >= 11 is 1.90. The van der Waals surface area contributed by atoms with Crippen molar-refractivity contribution in [1.29, 1.82) is 5.26 Å². The molecule has 0 aromatic heterocycles. The average molecular weight is 141 g/mol. The summed E-state index contributed by atoms with van der Waals surface area (Å²) in [5.74, 6) is 2.28. The fourth-order valence-electron chi connectivity index (χ4n) is 1.02. The molecule has 1 aliphatic heterocycles. The van der Waals surface area contributed by atoms with Crippen LogP contribution in [-0.4, -0.2) is 11.5 Å². The molecule has 0 bridgehead atoms. The van der Waals surface area contributed by atoms with E-state index in [1.54, 1.807) is 0 Å². The molecule has 1 saturated heterocycles. The number of hydrogen-bond acceptors (Lipinski definition) is 2. The van der Waals surface area contributed by atoms with Crippen LogP contribution in [0.1, 0.15) is 19.8 Å². The largest absolute Gasteiger partial charge is 0.198 e. The summed E-state index contributed by atoms with van der Waals surface area (Å²) in [5.41, 5.74) is -0.0110. The lowest BCUT2D eigenvalue weighted by molar-refractivity contribution is 0.446. The monoisotopic (exact) mass is 141 g/mol. The molecule has 0 saturated carbocycles. The Labute approximate surface area is 60.4 Å². The topological polar surface area (TPSA) is 23.8 Å². The number of nitrogens with zero attached hydrogens (tertiary/aromatic N) is 1. The third kappa shape index (κ3) is 1.62. The van der Waals surface area contributed by atoms with Crippen molar-refractivity contribution >= 4 is 11.8 Å². The minimum atomic E-state index is -0.0110. The summed E-state index contributed by atoms with van der Waals surface area (Å²) in [6, 6.07) is 2.36. The molecule has 0 aromatic rings. The lowest BCUT2D eigenvalue weighted by atomic mass is 9.89. The normalized spacial score (nSPS) is 35.6. The van der Waals surface area contributed by atoms with Crippen LogP contribution in [0.3, 0.4) is 0 Å². The maximum absolute atomic E-state index is 8.69. The lowest BCUT2D eigenvalue weighted by Gasteiger charge is -2.25. The van der Waals surface area contributed by atoms with E-state index in [0.29, 0.717) is 0 Å². The molecule has 1 rings (SSSR count). The van der Waals surface area contributed by atoms with Crippen molar-refractivity contribution in [2.75, 3.05) is 11.5 Å². The highest BCUT2D eigenvalue weighted by atomic mass is 32.2. The second-order valence-corrected chi connectivity index (χ2v) is 3.93. The molecule has 0 aliphatic carbocycles. The second kappa shape index (κ2) is 2.62. The van der Waals surface area contributed by atoms with Gasteiger partial charge < -0.3 is 0 Å². The molecule has 0 spiro atoms. The Balaban J connectivity index is 2.49. The minimum absolute atomic E-state index is 0.0110. The van der Waals surface area contributed by atoms with Crippen molar-refractivity contribution in [2.45, 2.75) is 19.8 Å². The predicted octanol–water partition coefficient (Wildman–Crippen LogP) is 2.04. The van der Waals surface area contributed by atoms with Crippen molar-refractivity contribution in [1.82, 2.24) is 0 Å². The van der Waals surface area contributed by atoms with Gasteiger partial charge in [-0.15, -0.1) is 0 Å². The summed E-state index contributed by atoms with van der Waals surface area (Å²) < 4.78 is 0. The van der Waals surface area contributed by atoms with Crippen LogP contribution in [0.15, 0.2) is 0 Å². The zero-order valence-corrected chi connectivity index (χ0v) is 6.50. The fourth-order valence-corrected chi connectivity index (χ4v) is 2.17. The van der Waals surface area contributed by atoms with Gasteiger partial charge in [-0.05, 0) is 25.5 Å². The standard InChI is InChI=1S/C7H11NS/c1-7(5-8)3-2-4-9-6-7/h2-4,6H2,1H3. The van der Waals surface area contributed by atoms with Crippen LogP contribution in [0, 0.1) is 16.7 Å². The molecule has 50 valence electrons. The molecule has 1 heterocycles. The zero-order valence-electron chi connectivity index (χ0n) is 5.68. The van der Waals surface area contributed by atoms with Gasteiger partial charge in [-0.2, -0.15) is 17.0 Å². The highest BCUT2D eigenvalue weighted by molar-refractivity contribution is 7.99. The van der Waals surface area contributed by atoms with Gasteiger partial charge in [0.2, 0.25) is 0 Å². The first kappa shape index (κ1) is 6.95. The molecule has 1 aliphatic rings. The van der Waals surface area contributed by atoms with Gasteiger partial charge in [-0.3, -0.25) is 0 Å². The Morgan fingerprint density at radius 2 is 2.44 bits per heavy atom. The Kier molecular flexibility index (Phi) is 2.02. The van der Waals surface area contributed by atoms with Gasteiger partial charge in [-0.25, -0.2) is 0 Å². The van der Waals surface area contributed by atoms with Crippen LogP contribution in [0.4, 0.5) is 0 Å². The second-order valence-electron chi connectivity index (χ2n) is 2.83. The van der Waals surface area contributed by atoms with E-state index in [9.17, 15) is 0 Å². The van der Waals surface area contributed by atoms with Gasteiger partial charge in [0.25, 0.3) is 0 Å². The van der Waals surface area contributed by atoms with E-state index < -0.39 is 0 Å². The Hall–Kier alpha value is -0.160. The molecule has 2 heteroatoms. The van der Waals surface area contributed by atoms with E-state index in [0.717, 1.165) is 12.2 Å². The molecule has 0 radical (unpaired) electrons. The van der Waals surface area contributed by atoms with Crippen LogP contribution in [-0.2, 0) is 0 Å². The highest BCUT2D eigenvalue weighted by Gasteiger charge is 2.26. The van der Waals surface area contributed by atoms with Crippen LogP contribution in [0.25, 0.3) is 0 Å². The first-order valence-corrected chi connectivity index (χ1v) is 4.41. The summed E-state index contributed by atoms with van der Waals surface area (Å²) in [7, 11) is 0.